The van der Waals surface area contributed by atoms with E-state index in [2.05, 4.69) is 57.5 Å². The Hall–Kier alpha value is -2.16. The van der Waals surface area contributed by atoms with Gasteiger partial charge in [-0.3, -0.25) is 4.99 Å². The van der Waals surface area contributed by atoms with E-state index in [0.717, 1.165) is 30.8 Å². The first-order valence-corrected chi connectivity index (χ1v) is 9.95. The van der Waals surface area contributed by atoms with Crippen LogP contribution in [0.25, 0.3) is 0 Å². The summed E-state index contributed by atoms with van der Waals surface area (Å²) in [6.45, 7) is 14.0. The van der Waals surface area contributed by atoms with Gasteiger partial charge in [0.15, 0.2) is 0 Å². The van der Waals surface area contributed by atoms with Crippen molar-refractivity contribution >= 4 is 17.6 Å². The van der Waals surface area contributed by atoms with Crippen LogP contribution in [0.15, 0.2) is 35.3 Å². The molecule has 0 fully saturated rings. The second-order valence-corrected chi connectivity index (χ2v) is 8.53. The summed E-state index contributed by atoms with van der Waals surface area (Å²) in [6.07, 6.45) is 3.78. The molecule has 2 aromatic rings. The lowest BCUT2D eigenvalue weighted by molar-refractivity contribution is 0.375. The van der Waals surface area contributed by atoms with Crippen LogP contribution in [0.1, 0.15) is 68.7 Å². The Kier molecular flexibility index (Phi) is 5.41. The predicted octanol–water partition coefficient (Wildman–Crippen LogP) is 6.70. The first-order chi connectivity index (χ1) is 12.7. The van der Waals surface area contributed by atoms with Crippen molar-refractivity contribution in [2.75, 3.05) is 11.4 Å². The second-order valence-electron chi connectivity index (χ2n) is 8.53. The minimum Gasteiger partial charge on any atom is -0.366 e. The molecule has 0 bridgehead atoms. The number of nitrogens with zero attached hydrogens (tertiary/aromatic N) is 2. The van der Waals surface area contributed by atoms with Crippen LogP contribution in [-0.4, -0.2) is 18.3 Å². The molecule has 2 aromatic carbocycles. The molecule has 0 saturated carbocycles. The normalized spacial score (nSPS) is 18.8. The van der Waals surface area contributed by atoms with Crippen molar-refractivity contribution in [3.05, 3.63) is 58.4 Å². The lowest BCUT2D eigenvalue weighted by atomic mass is 9.79. The van der Waals surface area contributed by atoms with Crippen LogP contribution in [0.4, 0.5) is 15.8 Å². The highest BCUT2D eigenvalue weighted by Crippen LogP contribution is 2.44. The summed E-state index contributed by atoms with van der Waals surface area (Å²) in [5.41, 5.74) is 6.17. The van der Waals surface area contributed by atoms with Crippen molar-refractivity contribution < 1.29 is 4.39 Å². The Balaban J connectivity index is 1.99. The molecular formula is C24H31FN2. The molecule has 27 heavy (non-hydrogen) atoms. The fraction of sp³-hybridized carbons (Fsp3) is 0.458. The predicted molar refractivity (Wildman–Crippen MR) is 114 cm³/mol. The molecule has 0 saturated heterocycles. The Morgan fingerprint density at radius 3 is 2.59 bits per heavy atom. The van der Waals surface area contributed by atoms with E-state index in [1.165, 1.54) is 16.7 Å². The van der Waals surface area contributed by atoms with Gasteiger partial charge in [0.1, 0.15) is 5.82 Å². The highest BCUT2D eigenvalue weighted by molar-refractivity contribution is 5.84. The number of rotatable bonds is 4. The summed E-state index contributed by atoms with van der Waals surface area (Å²) in [5, 5.41) is 0. The van der Waals surface area contributed by atoms with Crippen molar-refractivity contribution in [3.63, 3.8) is 0 Å². The zero-order valence-electron chi connectivity index (χ0n) is 17.4. The number of fused-ring (bicyclic) bond motifs is 1. The molecule has 0 aliphatic carbocycles. The van der Waals surface area contributed by atoms with Crippen LogP contribution in [0.2, 0.25) is 0 Å². The molecule has 0 aromatic heterocycles. The lowest BCUT2D eigenvalue weighted by Gasteiger charge is -2.47. The number of aliphatic imine (C=N–C) groups is 1. The Labute approximate surface area is 163 Å². The first-order valence-electron chi connectivity index (χ1n) is 9.95. The van der Waals surface area contributed by atoms with Crippen molar-refractivity contribution in [3.8, 4) is 0 Å². The van der Waals surface area contributed by atoms with E-state index in [4.69, 9.17) is 0 Å². The molecule has 0 N–H and O–H groups in total. The molecule has 1 aliphatic heterocycles. The Morgan fingerprint density at radius 2 is 1.93 bits per heavy atom. The van der Waals surface area contributed by atoms with Gasteiger partial charge in [0, 0.05) is 29.5 Å². The van der Waals surface area contributed by atoms with Crippen molar-refractivity contribution in [1.29, 1.82) is 0 Å². The fourth-order valence-electron chi connectivity index (χ4n) is 4.22. The minimum atomic E-state index is -0.202. The quantitative estimate of drug-likeness (QED) is 0.550. The molecule has 0 spiro atoms. The standard InChI is InChI=1S/C24H31FN2/c1-7-10-27-23-13-22(25)19(12-21(23)18(4)14-24(27,5)6)15-26-20-9-8-16(2)17(3)11-20/h8-9,11-13,15,18H,7,10,14H2,1-6H3. The number of anilines is 1. The molecule has 2 nitrogen and oxygen atoms in total. The van der Waals surface area contributed by atoms with Crippen molar-refractivity contribution in [2.24, 2.45) is 4.99 Å². The van der Waals surface area contributed by atoms with Gasteiger partial charge in [-0.2, -0.15) is 0 Å². The van der Waals surface area contributed by atoms with Crippen LogP contribution in [0.3, 0.4) is 0 Å². The van der Waals surface area contributed by atoms with Gasteiger partial charge >= 0.3 is 0 Å². The highest BCUT2D eigenvalue weighted by Gasteiger charge is 2.36. The van der Waals surface area contributed by atoms with Gasteiger partial charge in [0.2, 0.25) is 0 Å². The van der Waals surface area contributed by atoms with E-state index in [1.807, 2.05) is 18.2 Å². The molecule has 1 unspecified atom stereocenters. The van der Waals surface area contributed by atoms with E-state index in [9.17, 15) is 4.39 Å². The summed E-state index contributed by atoms with van der Waals surface area (Å²) in [5.74, 6) is 0.199. The zero-order valence-corrected chi connectivity index (χ0v) is 17.4. The van der Waals surface area contributed by atoms with Gasteiger partial charge < -0.3 is 4.90 Å². The van der Waals surface area contributed by atoms with E-state index in [1.54, 1.807) is 12.3 Å². The monoisotopic (exact) mass is 366 g/mol. The van der Waals surface area contributed by atoms with Gasteiger partial charge in [0.05, 0.1) is 5.69 Å². The Morgan fingerprint density at radius 1 is 1.19 bits per heavy atom. The van der Waals surface area contributed by atoms with Crippen LogP contribution >= 0.6 is 0 Å². The Bertz CT molecular complexity index is 867. The number of benzene rings is 2. The highest BCUT2D eigenvalue weighted by atomic mass is 19.1. The third-order valence-electron chi connectivity index (χ3n) is 5.79. The number of hydrogen-bond donors (Lipinski definition) is 0. The SMILES string of the molecule is CCCN1c2cc(F)c(C=Nc3ccc(C)c(C)c3)cc2C(C)CC1(C)C. The van der Waals surface area contributed by atoms with Crippen LogP contribution in [0.5, 0.6) is 0 Å². The summed E-state index contributed by atoms with van der Waals surface area (Å²) in [6, 6.07) is 9.78. The molecule has 3 heteroatoms. The third-order valence-corrected chi connectivity index (χ3v) is 5.79. The molecule has 144 valence electrons. The van der Waals surface area contributed by atoms with Crippen molar-refractivity contribution in [1.82, 2.24) is 0 Å². The van der Waals surface area contributed by atoms with Gasteiger partial charge in [-0.05, 0) is 87.4 Å². The van der Waals surface area contributed by atoms with Crippen molar-refractivity contribution in [2.45, 2.75) is 65.8 Å². The van der Waals surface area contributed by atoms with Crippen LogP contribution in [-0.2, 0) is 0 Å². The van der Waals surface area contributed by atoms with Gasteiger partial charge in [-0.15, -0.1) is 0 Å². The zero-order chi connectivity index (χ0) is 19.8. The molecule has 1 aliphatic rings. The second kappa shape index (κ2) is 7.46. The van der Waals surface area contributed by atoms with Crippen LogP contribution in [0, 0.1) is 19.7 Å². The van der Waals surface area contributed by atoms with E-state index < -0.39 is 0 Å². The van der Waals surface area contributed by atoms with Crippen LogP contribution < -0.4 is 4.90 Å². The maximum Gasteiger partial charge on any atom is 0.134 e. The molecular weight excluding hydrogens is 335 g/mol. The summed E-state index contributed by atoms with van der Waals surface area (Å²) >= 11 is 0. The molecule has 1 atom stereocenters. The number of halogens is 1. The fourth-order valence-corrected chi connectivity index (χ4v) is 4.22. The minimum absolute atomic E-state index is 0.0455. The lowest BCUT2D eigenvalue weighted by Crippen LogP contribution is -2.48. The van der Waals surface area contributed by atoms with E-state index in [-0.39, 0.29) is 11.4 Å². The van der Waals surface area contributed by atoms with E-state index in [0.29, 0.717) is 11.5 Å². The maximum atomic E-state index is 14.9. The summed E-state index contributed by atoms with van der Waals surface area (Å²) < 4.78 is 14.9. The third kappa shape index (κ3) is 3.92. The molecule has 0 radical (unpaired) electrons. The molecule has 1 heterocycles. The largest absolute Gasteiger partial charge is 0.366 e. The molecule has 3 rings (SSSR count). The first kappa shape index (κ1) is 19.6. The maximum absolute atomic E-state index is 14.9. The van der Waals surface area contributed by atoms with Gasteiger partial charge in [0.25, 0.3) is 0 Å². The average Bonchev–Trinajstić information content (AvgIpc) is 2.59. The smallest absolute Gasteiger partial charge is 0.134 e. The topological polar surface area (TPSA) is 15.6 Å². The van der Waals surface area contributed by atoms with Gasteiger partial charge in [-0.1, -0.05) is 19.9 Å². The molecule has 0 amide bonds. The summed E-state index contributed by atoms with van der Waals surface area (Å²) in [4.78, 5) is 6.89. The summed E-state index contributed by atoms with van der Waals surface area (Å²) in [7, 11) is 0. The average molecular weight is 367 g/mol. The van der Waals surface area contributed by atoms with Gasteiger partial charge in [-0.25, -0.2) is 4.39 Å². The number of hydrogen-bond acceptors (Lipinski definition) is 2. The van der Waals surface area contributed by atoms with E-state index >= 15 is 0 Å². The number of aryl methyl sites for hydroxylation is 2.